The second-order valence-corrected chi connectivity index (χ2v) is 4.94. The molecule has 21 heavy (non-hydrogen) atoms. The molecule has 1 aromatic heterocycles. The predicted molar refractivity (Wildman–Crippen MR) is 76.2 cm³/mol. The molecule has 2 rings (SSSR count). The summed E-state index contributed by atoms with van der Waals surface area (Å²) in [7, 11) is 1.51. The van der Waals surface area contributed by atoms with Crippen LogP contribution in [-0.4, -0.2) is 29.4 Å². The van der Waals surface area contributed by atoms with Crippen LogP contribution >= 0.6 is 11.6 Å². The van der Waals surface area contributed by atoms with Gasteiger partial charge in [0.05, 0.1) is 18.2 Å². The van der Waals surface area contributed by atoms with Crippen LogP contribution in [0.25, 0.3) is 11.3 Å². The Hall–Kier alpha value is -2.21. The van der Waals surface area contributed by atoms with Crippen LogP contribution in [0.5, 0.6) is 11.5 Å². The summed E-state index contributed by atoms with van der Waals surface area (Å²) in [6, 6.07) is 4.53. The molecular formula is C14H14ClNO5. The number of benzene rings is 1. The third-order valence-electron chi connectivity index (χ3n) is 2.61. The van der Waals surface area contributed by atoms with Gasteiger partial charge in [-0.25, -0.2) is 4.79 Å². The first kappa shape index (κ1) is 15.2. The molecule has 1 aromatic carbocycles. The average molecular weight is 312 g/mol. The molecule has 0 radical (unpaired) electrons. The number of ether oxygens (including phenoxy) is 2. The van der Waals surface area contributed by atoms with E-state index in [4.69, 9.17) is 30.7 Å². The van der Waals surface area contributed by atoms with Crippen LogP contribution in [0.4, 0.5) is 0 Å². The molecular weight excluding hydrogens is 298 g/mol. The molecule has 0 unspecified atom stereocenters. The standard InChI is InChI=1S/C14H14ClNO5/c1-7(2)20-12-4-8(9(15)5-11(12)19-3)10-6-13(14(17)18)21-16-10/h4-7H,1-3H3,(H,17,18). The molecule has 7 heteroatoms. The molecule has 0 amide bonds. The Bertz CT molecular complexity index is 665. The van der Waals surface area contributed by atoms with Crippen LogP contribution in [-0.2, 0) is 0 Å². The molecule has 112 valence electrons. The van der Waals surface area contributed by atoms with Crippen LogP contribution in [0, 0.1) is 0 Å². The van der Waals surface area contributed by atoms with Gasteiger partial charge in [-0.05, 0) is 19.9 Å². The van der Waals surface area contributed by atoms with Crippen molar-refractivity contribution in [3.05, 3.63) is 29.0 Å². The summed E-state index contributed by atoms with van der Waals surface area (Å²) in [4.78, 5) is 10.8. The lowest BCUT2D eigenvalue weighted by Gasteiger charge is -2.15. The van der Waals surface area contributed by atoms with Crippen molar-refractivity contribution in [2.24, 2.45) is 0 Å². The minimum absolute atomic E-state index is 0.0557. The molecule has 1 N–H and O–H groups in total. The van der Waals surface area contributed by atoms with Crippen LogP contribution in [0.3, 0.4) is 0 Å². The number of rotatable bonds is 5. The van der Waals surface area contributed by atoms with Crippen molar-refractivity contribution in [2.75, 3.05) is 7.11 Å². The molecule has 0 aliphatic heterocycles. The normalized spacial score (nSPS) is 10.7. The smallest absolute Gasteiger partial charge is 0.374 e. The molecule has 0 atom stereocenters. The number of carbonyl (C=O) groups is 1. The second-order valence-electron chi connectivity index (χ2n) is 4.53. The quantitative estimate of drug-likeness (QED) is 0.910. The van der Waals surface area contributed by atoms with Crippen molar-refractivity contribution < 1.29 is 23.9 Å². The van der Waals surface area contributed by atoms with Gasteiger partial charge in [0.25, 0.3) is 0 Å². The average Bonchev–Trinajstić information content (AvgIpc) is 2.89. The Morgan fingerprint density at radius 2 is 2.05 bits per heavy atom. The molecule has 1 heterocycles. The van der Waals surface area contributed by atoms with E-state index < -0.39 is 5.97 Å². The van der Waals surface area contributed by atoms with Crippen LogP contribution < -0.4 is 9.47 Å². The van der Waals surface area contributed by atoms with Gasteiger partial charge in [0.1, 0.15) is 5.69 Å². The van der Waals surface area contributed by atoms with Gasteiger partial charge in [0.15, 0.2) is 11.5 Å². The number of carboxylic acid groups (broad SMARTS) is 1. The van der Waals surface area contributed by atoms with Crippen molar-refractivity contribution in [3.63, 3.8) is 0 Å². The Morgan fingerprint density at radius 1 is 1.33 bits per heavy atom. The molecule has 0 aliphatic rings. The third kappa shape index (κ3) is 3.28. The van der Waals surface area contributed by atoms with E-state index in [1.54, 1.807) is 12.1 Å². The largest absolute Gasteiger partial charge is 0.493 e. The number of nitrogens with zero attached hydrogens (tertiary/aromatic N) is 1. The van der Waals surface area contributed by atoms with E-state index >= 15 is 0 Å². The Balaban J connectivity index is 2.49. The summed E-state index contributed by atoms with van der Waals surface area (Å²) < 4.78 is 15.6. The molecule has 0 spiro atoms. The second kappa shape index (κ2) is 6.05. The highest BCUT2D eigenvalue weighted by Gasteiger charge is 2.18. The number of methoxy groups -OCH3 is 1. The maximum atomic E-state index is 10.8. The van der Waals surface area contributed by atoms with Gasteiger partial charge in [-0.2, -0.15) is 0 Å². The fourth-order valence-electron chi connectivity index (χ4n) is 1.74. The number of hydrogen-bond acceptors (Lipinski definition) is 5. The van der Waals surface area contributed by atoms with Crippen molar-refractivity contribution in [1.82, 2.24) is 5.16 Å². The lowest BCUT2D eigenvalue weighted by atomic mass is 10.1. The van der Waals surface area contributed by atoms with E-state index in [1.807, 2.05) is 13.8 Å². The number of aromatic carboxylic acids is 1. The van der Waals surface area contributed by atoms with Gasteiger partial charge in [-0.3, -0.25) is 0 Å². The van der Waals surface area contributed by atoms with E-state index in [9.17, 15) is 4.79 Å². The monoisotopic (exact) mass is 311 g/mol. The molecule has 6 nitrogen and oxygen atoms in total. The van der Waals surface area contributed by atoms with Crippen LogP contribution in [0.1, 0.15) is 24.4 Å². The topological polar surface area (TPSA) is 81.8 Å². The van der Waals surface area contributed by atoms with E-state index in [2.05, 4.69) is 5.16 Å². The Morgan fingerprint density at radius 3 is 2.57 bits per heavy atom. The zero-order chi connectivity index (χ0) is 15.6. The summed E-state index contributed by atoms with van der Waals surface area (Å²) >= 11 is 6.18. The van der Waals surface area contributed by atoms with E-state index in [-0.39, 0.29) is 11.9 Å². The number of carboxylic acids is 1. The highest BCUT2D eigenvalue weighted by molar-refractivity contribution is 6.33. The number of hydrogen-bond donors (Lipinski definition) is 1. The minimum Gasteiger partial charge on any atom is -0.493 e. The van der Waals surface area contributed by atoms with Crippen molar-refractivity contribution >= 4 is 17.6 Å². The van der Waals surface area contributed by atoms with Crippen molar-refractivity contribution in [3.8, 4) is 22.8 Å². The van der Waals surface area contributed by atoms with Crippen LogP contribution in [0.2, 0.25) is 5.02 Å². The Kier molecular flexibility index (Phi) is 4.37. The van der Waals surface area contributed by atoms with Gasteiger partial charge >= 0.3 is 5.97 Å². The van der Waals surface area contributed by atoms with E-state index in [0.29, 0.717) is 27.8 Å². The lowest BCUT2D eigenvalue weighted by Crippen LogP contribution is -2.07. The van der Waals surface area contributed by atoms with Crippen molar-refractivity contribution in [2.45, 2.75) is 20.0 Å². The maximum Gasteiger partial charge on any atom is 0.374 e. The lowest BCUT2D eigenvalue weighted by molar-refractivity contribution is 0.0652. The van der Waals surface area contributed by atoms with Gasteiger partial charge < -0.3 is 19.1 Å². The summed E-state index contributed by atoms with van der Waals surface area (Å²) in [6.07, 6.45) is -0.0557. The fourth-order valence-corrected chi connectivity index (χ4v) is 1.99. The molecule has 0 bridgehead atoms. The summed E-state index contributed by atoms with van der Waals surface area (Å²) in [5.41, 5.74) is 0.818. The summed E-state index contributed by atoms with van der Waals surface area (Å²) in [6.45, 7) is 3.76. The van der Waals surface area contributed by atoms with Gasteiger partial charge in [0, 0.05) is 17.7 Å². The van der Waals surface area contributed by atoms with Gasteiger partial charge in [-0.15, -0.1) is 0 Å². The number of aromatic nitrogens is 1. The molecule has 0 aliphatic carbocycles. The fraction of sp³-hybridized carbons (Fsp3) is 0.286. The van der Waals surface area contributed by atoms with Gasteiger partial charge in [0.2, 0.25) is 5.76 Å². The summed E-state index contributed by atoms with van der Waals surface area (Å²) in [5, 5.41) is 12.9. The predicted octanol–water partition coefficient (Wildman–Crippen LogP) is 3.49. The zero-order valence-electron chi connectivity index (χ0n) is 11.7. The number of halogens is 1. The first-order valence-corrected chi connectivity index (χ1v) is 6.54. The van der Waals surface area contributed by atoms with Crippen LogP contribution in [0.15, 0.2) is 22.7 Å². The Labute approximate surface area is 126 Å². The molecule has 0 saturated carbocycles. The van der Waals surface area contributed by atoms with E-state index in [0.717, 1.165) is 0 Å². The summed E-state index contributed by atoms with van der Waals surface area (Å²) in [5.74, 6) is -0.480. The van der Waals surface area contributed by atoms with Crippen molar-refractivity contribution in [1.29, 1.82) is 0 Å². The first-order valence-electron chi connectivity index (χ1n) is 6.17. The molecule has 2 aromatic rings. The van der Waals surface area contributed by atoms with E-state index in [1.165, 1.54) is 13.2 Å². The maximum absolute atomic E-state index is 10.8. The third-order valence-corrected chi connectivity index (χ3v) is 2.93. The SMILES string of the molecule is COc1cc(Cl)c(-c2cc(C(=O)O)on2)cc1OC(C)C. The zero-order valence-corrected chi connectivity index (χ0v) is 12.5. The minimum atomic E-state index is -1.20. The molecule has 0 fully saturated rings. The highest BCUT2D eigenvalue weighted by Crippen LogP contribution is 2.38. The molecule has 0 saturated heterocycles. The first-order chi connectivity index (χ1) is 9.92. The van der Waals surface area contributed by atoms with Gasteiger partial charge in [-0.1, -0.05) is 16.8 Å². The highest BCUT2D eigenvalue weighted by atomic mass is 35.5.